The van der Waals surface area contributed by atoms with Crippen LogP contribution in [0, 0.1) is 6.92 Å². The predicted molar refractivity (Wildman–Crippen MR) is 134 cm³/mol. The first-order valence-corrected chi connectivity index (χ1v) is 11.6. The summed E-state index contributed by atoms with van der Waals surface area (Å²) < 4.78 is 21.0. The minimum atomic E-state index is -0.641. The van der Waals surface area contributed by atoms with Crippen molar-refractivity contribution in [3.05, 3.63) is 83.5 Å². The molecule has 0 bridgehead atoms. The Morgan fingerprint density at radius 3 is 2.51 bits per heavy atom. The number of benzene rings is 2. The van der Waals surface area contributed by atoms with Gasteiger partial charge in [0.2, 0.25) is 0 Å². The van der Waals surface area contributed by atoms with E-state index in [1.54, 1.807) is 27.7 Å². The number of aryl methyl sites for hydroxylation is 2. The van der Waals surface area contributed by atoms with Crippen molar-refractivity contribution in [3.63, 3.8) is 0 Å². The number of hydrogen-bond acceptors (Lipinski definition) is 6. The number of nitrogens with zero attached hydrogens (tertiary/aromatic N) is 5. The Labute approximate surface area is 204 Å². The summed E-state index contributed by atoms with van der Waals surface area (Å²) >= 11 is 0. The fraction of sp³-hybridized carbons (Fsp3) is 0.296. The first-order chi connectivity index (χ1) is 17.1. The Balaban J connectivity index is 1.45. The number of aromatic nitrogens is 5. The lowest BCUT2D eigenvalue weighted by molar-refractivity contribution is -0.00953. The number of hydrogen-bond donors (Lipinski definition) is 0. The standard InChI is InChI=1S/C27H29N5O3/c1-19-17-31(18-28-19)23-12-6-20(16-24(23)34-3)7-13-25-29-26-27(35-4,14-5-15-32(26)30-25)21-8-10-22(33-2)11-9-21/h6-13,16-18H,5,14-15H2,1-4H3/t27-/m1/s1. The Morgan fingerprint density at radius 2 is 1.83 bits per heavy atom. The largest absolute Gasteiger partial charge is 0.497 e. The molecule has 2 aromatic heterocycles. The van der Waals surface area contributed by atoms with Crippen LogP contribution in [0.2, 0.25) is 0 Å². The summed E-state index contributed by atoms with van der Waals surface area (Å²) in [6.07, 6.45) is 9.46. The van der Waals surface area contributed by atoms with Crippen molar-refractivity contribution in [3.8, 4) is 17.2 Å². The molecule has 0 amide bonds. The summed E-state index contributed by atoms with van der Waals surface area (Å²) in [5.74, 6) is 3.04. The Morgan fingerprint density at radius 1 is 1.00 bits per heavy atom. The molecule has 8 heteroatoms. The fourth-order valence-electron chi connectivity index (χ4n) is 4.65. The highest BCUT2D eigenvalue weighted by Crippen LogP contribution is 2.40. The van der Waals surface area contributed by atoms with Crippen molar-refractivity contribution in [2.45, 2.75) is 31.9 Å². The van der Waals surface area contributed by atoms with Crippen LogP contribution in [0.1, 0.15) is 41.3 Å². The number of methoxy groups -OCH3 is 3. The molecule has 0 aliphatic carbocycles. The van der Waals surface area contributed by atoms with E-state index in [2.05, 4.69) is 4.98 Å². The van der Waals surface area contributed by atoms with Crippen LogP contribution in [0.3, 0.4) is 0 Å². The van der Waals surface area contributed by atoms with Gasteiger partial charge in [0.25, 0.3) is 0 Å². The molecule has 1 aliphatic rings. The smallest absolute Gasteiger partial charge is 0.174 e. The number of ether oxygens (including phenoxy) is 3. The second-order valence-corrected chi connectivity index (χ2v) is 8.57. The molecule has 8 nitrogen and oxygen atoms in total. The zero-order valence-corrected chi connectivity index (χ0v) is 20.4. The van der Waals surface area contributed by atoms with Gasteiger partial charge in [0, 0.05) is 19.9 Å². The third-order valence-corrected chi connectivity index (χ3v) is 6.47. The quantitative estimate of drug-likeness (QED) is 0.391. The van der Waals surface area contributed by atoms with Crippen LogP contribution in [0.15, 0.2) is 55.0 Å². The molecule has 0 saturated carbocycles. The zero-order chi connectivity index (χ0) is 24.4. The first kappa shape index (κ1) is 22.9. The van der Waals surface area contributed by atoms with E-state index < -0.39 is 5.60 Å². The Kier molecular flexibility index (Phi) is 6.13. The maximum atomic E-state index is 6.12. The fourth-order valence-corrected chi connectivity index (χ4v) is 4.65. The summed E-state index contributed by atoms with van der Waals surface area (Å²) in [6, 6.07) is 14.0. The molecule has 0 saturated heterocycles. The van der Waals surface area contributed by atoms with Crippen molar-refractivity contribution < 1.29 is 14.2 Å². The SMILES string of the molecule is COc1ccc([C@]2(OC)CCCn3nc(C=Cc4ccc(-n5cnc(C)c5)c(OC)c4)nc32)cc1. The van der Waals surface area contributed by atoms with Crippen molar-refractivity contribution in [1.29, 1.82) is 0 Å². The topological polar surface area (TPSA) is 76.2 Å². The summed E-state index contributed by atoms with van der Waals surface area (Å²) in [7, 11) is 5.07. The Bertz CT molecular complexity index is 1360. The Hall–Kier alpha value is -3.91. The lowest BCUT2D eigenvalue weighted by Crippen LogP contribution is -2.37. The maximum Gasteiger partial charge on any atom is 0.174 e. The second kappa shape index (κ2) is 9.38. The van der Waals surface area contributed by atoms with Crippen LogP contribution in [-0.2, 0) is 16.9 Å². The minimum Gasteiger partial charge on any atom is -0.497 e. The molecule has 35 heavy (non-hydrogen) atoms. The summed E-state index contributed by atoms with van der Waals surface area (Å²) in [6.45, 7) is 2.77. The molecule has 0 radical (unpaired) electrons. The van der Waals surface area contributed by atoms with E-state index in [9.17, 15) is 0 Å². The second-order valence-electron chi connectivity index (χ2n) is 8.57. The summed E-state index contributed by atoms with van der Waals surface area (Å²) in [5, 5.41) is 4.75. The van der Waals surface area contributed by atoms with Crippen molar-refractivity contribution in [1.82, 2.24) is 24.3 Å². The third-order valence-electron chi connectivity index (χ3n) is 6.47. The molecule has 2 aromatic carbocycles. The van der Waals surface area contributed by atoms with Gasteiger partial charge < -0.3 is 18.8 Å². The summed E-state index contributed by atoms with van der Waals surface area (Å²) in [4.78, 5) is 9.19. The highest BCUT2D eigenvalue weighted by Gasteiger charge is 2.41. The maximum absolute atomic E-state index is 6.12. The van der Waals surface area contributed by atoms with Gasteiger partial charge in [0.1, 0.15) is 11.5 Å². The van der Waals surface area contributed by atoms with Crippen LogP contribution in [-0.4, -0.2) is 45.6 Å². The predicted octanol–water partition coefficient (Wildman–Crippen LogP) is 4.64. The molecule has 180 valence electrons. The monoisotopic (exact) mass is 471 g/mol. The highest BCUT2D eigenvalue weighted by atomic mass is 16.5. The zero-order valence-electron chi connectivity index (χ0n) is 20.4. The van der Waals surface area contributed by atoms with Gasteiger partial charge >= 0.3 is 0 Å². The summed E-state index contributed by atoms with van der Waals surface area (Å²) in [5.41, 5.74) is 3.28. The lowest BCUT2D eigenvalue weighted by Gasteiger charge is -2.35. The van der Waals surface area contributed by atoms with Gasteiger partial charge in [-0.05, 0) is 61.2 Å². The lowest BCUT2D eigenvalue weighted by atomic mass is 9.86. The van der Waals surface area contributed by atoms with Crippen molar-refractivity contribution in [2.75, 3.05) is 21.3 Å². The number of imidazole rings is 1. The van der Waals surface area contributed by atoms with E-state index in [1.807, 2.05) is 77.0 Å². The molecule has 0 N–H and O–H groups in total. The molecular weight excluding hydrogens is 442 g/mol. The van der Waals surface area contributed by atoms with E-state index in [1.165, 1.54) is 0 Å². The van der Waals surface area contributed by atoms with E-state index in [-0.39, 0.29) is 0 Å². The van der Waals surface area contributed by atoms with Crippen LogP contribution in [0.5, 0.6) is 11.5 Å². The average Bonchev–Trinajstić information content (AvgIpc) is 3.53. The van der Waals surface area contributed by atoms with Gasteiger partial charge in [0.05, 0.1) is 31.9 Å². The molecule has 0 unspecified atom stereocenters. The number of fused-ring (bicyclic) bond motifs is 1. The average molecular weight is 472 g/mol. The molecule has 3 heterocycles. The number of rotatable bonds is 7. The van der Waals surface area contributed by atoms with Gasteiger partial charge in [-0.3, -0.25) is 0 Å². The van der Waals surface area contributed by atoms with Gasteiger partial charge in [-0.2, -0.15) is 5.10 Å². The van der Waals surface area contributed by atoms with Crippen molar-refractivity contribution in [2.24, 2.45) is 0 Å². The third kappa shape index (κ3) is 4.21. The molecular formula is C27H29N5O3. The van der Waals surface area contributed by atoms with Crippen LogP contribution < -0.4 is 9.47 Å². The van der Waals surface area contributed by atoms with E-state index in [4.69, 9.17) is 24.3 Å². The van der Waals surface area contributed by atoms with E-state index in [0.29, 0.717) is 5.82 Å². The van der Waals surface area contributed by atoms with Crippen LogP contribution in [0.4, 0.5) is 0 Å². The molecule has 1 aliphatic heterocycles. The molecule has 4 aromatic rings. The van der Waals surface area contributed by atoms with Gasteiger partial charge in [-0.1, -0.05) is 24.3 Å². The van der Waals surface area contributed by atoms with Gasteiger partial charge in [-0.25, -0.2) is 14.6 Å². The van der Waals surface area contributed by atoms with Gasteiger partial charge in [-0.15, -0.1) is 0 Å². The van der Waals surface area contributed by atoms with Crippen LogP contribution in [0.25, 0.3) is 17.8 Å². The molecule has 0 fully saturated rings. The minimum absolute atomic E-state index is 0.641. The normalized spacial score (nSPS) is 17.5. The van der Waals surface area contributed by atoms with Crippen molar-refractivity contribution >= 4 is 12.2 Å². The molecule has 1 atom stereocenters. The van der Waals surface area contributed by atoms with E-state index >= 15 is 0 Å². The highest BCUT2D eigenvalue weighted by molar-refractivity contribution is 5.69. The molecule has 5 rings (SSSR count). The van der Waals surface area contributed by atoms with E-state index in [0.717, 1.165) is 59.2 Å². The first-order valence-electron chi connectivity index (χ1n) is 11.6. The molecule has 0 spiro atoms. The van der Waals surface area contributed by atoms with Crippen LogP contribution >= 0.6 is 0 Å². The van der Waals surface area contributed by atoms with Gasteiger partial charge in [0.15, 0.2) is 17.2 Å².